The fourth-order valence-corrected chi connectivity index (χ4v) is 4.99. The highest BCUT2D eigenvalue weighted by Crippen LogP contribution is 2.37. The molecule has 0 atom stereocenters. The Morgan fingerprint density at radius 2 is 1.74 bits per heavy atom. The van der Waals surface area contributed by atoms with Crippen LogP contribution in [-0.2, 0) is 16.5 Å². The van der Waals surface area contributed by atoms with Crippen molar-refractivity contribution in [1.82, 2.24) is 0 Å². The van der Waals surface area contributed by atoms with E-state index in [0.717, 1.165) is 16.9 Å². The first-order valence-electron chi connectivity index (χ1n) is 10.3. The summed E-state index contributed by atoms with van der Waals surface area (Å²) in [5.41, 5.74) is 1.80. The van der Waals surface area contributed by atoms with E-state index in [9.17, 15) is 8.42 Å². The minimum absolute atomic E-state index is 0.0468. The molecule has 34 heavy (non-hydrogen) atoms. The lowest BCUT2D eigenvalue weighted by Crippen LogP contribution is -2.12. The molecule has 0 radical (unpaired) electrons. The van der Waals surface area contributed by atoms with Gasteiger partial charge in [-0.25, -0.2) is 0 Å². The van der Waals surface area contributed by atoms with Crippen LogP contribution in [0.1, 0.15) is 11.1 Å². The Bertz CT molecular complexity index is 1270. The Labute approximate surface area is 209 Å². The van der Waals surface area contributed by atoms with Gasteiger partial charge in [-0.2, -0.15) is 8.42 Å². The normalized spacial score (nSPS) is 11.1. The highest BCUT2D eigenvalue weighted by atomic mass is 35.5. The fourth-order valence-electron chi connectivity index (χ4n) is 3.17. The summed E-state index contributed by atoms with van der Waals surface area (Å²) in [4.78, 5) is -0.268. The predicted octanol–water partition coefficient (Wildman–Crippen LogP) is 6.26. The molecule has 0 fully saturated rings. The smallest absolute Gasteiger partial charge is 0.343 e. The molecule has 180 valence electrons. The number of halogens is 2. The van der Waals surface area contributed by atoms with E-state index in [2.05, 4.69) is 6.58 Å². The summed E-state index contributed by atoms with van der Waals surface area (Å²) in [6.07, 6.45) is 2.32. The molecule has 3 aromatic carbocycles. The number of hydrogen-bond donors (Lipinski definition) is 0. The molecule has 0 aliphatic heterocycles. The number of hydrogen-bond acceptors (Lipinski definition) is 6. The lowest BCUT2D eigenvalue weighted by molar-refractivity contribution is 0.320. The zero-order valence-corrected chi connectivity index (χ0v) is 21.0. The minimum atomic E-state index is -4.28. The standard InChI is InChI=1S/C25H24Cl2O6S/c1-4-9-31-20-7-5-6-18(13-20)8-10-32-21-11-17(2)12-22(16-21)33-34(28,29)24-15-19(26)14-23(27)25(24)30-3/h4-7,11-16H,1,8-10H2,2-3H3. The van der Waals surface area contributed by atoms with Gasteiger partial charge in [-0.3, -0.25) is 0 Å². The maximum Gasteiger partial charge on any atom is 0.343 e. The van der Waals surface area contributed by atoms with E-state index in [1.54, 1.807) is 18.2 Å². The second-order valence-corrected chi connectivity index (χ2v) is 9.64. The number of aryl methyl sites for hydroxylation is 1. The first kappa shape index (κ1) is 25.7. The van der Waals surface area contributed by atoms with E-state index in [0.29, 0.717) is 25.4 Å². The van der Waals surface area contributed by atoms with Gasteiger partial charge in [0.2, 0.25) is 0 Å². The molecule has 0 bridgehead atoms. The summed E-state index contributed by atoms with van der Waals surface area (Å²) < 4.78 is 47.8. The third kappa shape index (κ3) is 6.82. The van der Waals surface area contributed by atoms with E-state index in [4.69, 9.17) is 41.6 Å². The number of methoxy groups -OCH3 is 1. The van der Waals surface area contributed by atoms with Crippen molar-refractivity contribution in [2.45, 2.75) is 18.2 Å². The summed E-state index contributed by atoms with van der Waals surface area (Å²) in [6, 6.07) is 15.2. The lowest BCUT2D eigenvalue weighted by Gasteiger charge is -2.14. The van der Waals surface area contributed by atoms with Crippen LogP contribution in [0.3, 0.4) is 0 Å². The molecule has 0 N–H and O–H groups in total. The van der Waals surface area contributed by atoms with Gasteiger partial charge in [0, 0.05) is 17.5 Å². The molecule has 0 saturated heterocycles. The van der Waals surface area contributed by atoms with Crippen LogP contribution in [0, 0.1) is 6.92 Å². The molecule has 0 aliphatic carbocycles. The maximum absolute atomic E-state index is 12.9. The lowest BCUT2D eigenvalue weighted by atomic mass is 10.1. The van der Waals surface area contributed by atoms with E-state index in [-0.39, 0.29) is 26.4 Å². The first-order chi connectivity index (χ1) is 16.2. The summed E-state index contributed by atoms with van der Waals surface area (Å²) in [6.45, 7) is 6.26. The van der Waals surface area contributed by atoms with Crippen LogP contribution in [0.5, 0.6) is 23.0 Å². The Morgan fingerprint density at radius 1 is 0.971 bits per heavy atom. The number of ether oxygens (including phenoxy) is 3. The Balaban J connectivity index is 1.73. The van der Waals surface area contributed by atoms with Crippen molar-refractivity contribution >= 4 is 33.3 Å². The van der Waals surface area contributed by atoms with Crippen LogP contribution in [-0.4, -0.2) is 28.7 Å². The van der Waals surface area contributed by atoms with Gasteiger partial charge < -0.3 is 18.4 Å². The zero-order chi connectivity index (χ0) is 24.7. The van der Waals surface area contributed by atoms with Crippen LogP contribution in [0.15, 0.2) is 72.1 Å². The van der Waals surface area contributed by atoms with Gasteiger partial charge >= 0.3 is 10.1 Å². The molecule has 0 spiro atoms. The van der Waals surface area contributed by atoms with Crippen molar-refractivity contribution in [3.63, 3.8) is 0 Å². The molecule has 3 rings (SSSR count). The van der Waals surface area contributed by atoms with Gasteiger partial charge in [-0.15, -0.1) is 0 Å². The van der Waals surface area contributed by atoms with Crippen molar-refractivity contribution in [2.24, 2.45) is 0 Å². The van der Waals surface area contributed by atoms with Crippen LogP contribution < -0.4 is 18.4 Å². The molecule has 0 unspecified atom stereocenters. The van der Waals surface area contributed by atoms with Crippen LogP contribution >= 0.6 is 23.2 Å². The van der Waals surface area contributed by atoms with Crippen LogP contribution in [0.4, 0.5) is 0 Å². The molecular weight excluding hydrogens is 499 g/mol. The molecule has 0 saturated carbocycles. The number of rotatable bonds is 11. The number of benzene rings is 3. The highest BCUT2D eigenvalue weighted by molar-refractivity contribution is 7.87. The fraction of sp³-hybridized carbons (Fsp3) is 0.200. The van der Waals surface area contributed by atoms with Gasteiger partial charge in [0.1, 0.15) is 23.9 Å². The van der Waals surface area contributed by atoms with Crippen LogP contribution in [0.25, 0.3) is 0 Å². The quantitative estimate of drug-likeness (QED) is 0.218. The molecule has 0 amide bonds. The largest absolute Gasteiger partial charge is 0.494 e. The minimum Gasteiger partial charge on any atom is -0.494 e. The monoisotopic (exact) mass is 522 g/mol. The van der Waals surface area contributed by atoms with Crippen LogP contribution in [0.2, 0.25) is 10.0 Å². The first-order valence-corrected chi connectivity index (χ1v) is 12.4. The van der Waals surface area contributed by atoms with E-state index in [1.165, 1.54) is 25.3 Å². The van der Waals surface area contributed by atoms with Gasteiger partial charge in [0.25, 0.3) is 0 Å². The second-order valence-electron chi connectivity index (χ2n) is 7.28. The summed E-state index contributed by atoms with van der Waals surface area (Å²) in [5, 5.41) is 0.199. The predicted molar refractivity (Wildman–Crippen MR) is 133 cm³/mol. The summed E-state index contributed by atoms with van der Waals surface area (Å²) in [5.74, 6) is 1.27. The molecular formula is C25H24Cl2O6S. The van der Waals surface area contributed by atoms with E-state index >= 15 is 0 Å². The van der Waals surface area contributed by atoms with Crippen molar-refractivity contribution in [2.75, 3.05) is 20.3 Å². The maximum atomic E-state index is 12.9. The average Bonchev–Trinajstić information content (AvgIpc) is 2.77. The van der Waals surface area contributed by atoms with Crippen molar-refractivity contribution in [1.29, 1.82) is 0 Å². The van der Waals surface area contributed by atoms with E-state index < -0.39 is 10.1 Å². The van der Waals surface area contributed by atoms with E-state index in [1.807, 2.05) is 31.2 Å². The third-order valence-electron chi connectivity index (χ3n) is 4.60. The molecule has 0 aliphatic rings. The Kier molecular flexibility index (Phi) is 8.72. The van der Waals surface area contributed by atoms with Gasteiger partial charge in [0.15, 0.2) is 10.6 Å². The highest BCUT2D eigenvalue weighted by Gasteiger charge is 2.25. The molecule has 9 heteroatoms. The van der Waals surface area contributed by atoms with Gasteiger partial charge in [-0.1, -0.05) is 48.0 Å². The van der Waals surface area contributed by atoms with Gasteiger partial charge in [-0.05, 0) is 54.4 Å². The average molecular weight is 523 g/mol. The second kappa shape index (κ2) is 11.5. The molecule has 6 nitrogen and oxygen atoms in total. The molecule has 0 heterocycles. The zero-order valence-electron chi connectivity index (χ0n) is 18.7. The van der Waals surface area contributed by atoms with Crippen molar-refractivity contribution in [3.8, 4) is 23.0 Å². The molecule has 0 aromatic heterocycles. The Hall–Kier alpha value is -2.87. The topological polar surface area (TPSA) is 71.1 Å². The Morgan fingerprint density at radius 3 is 2.47 bits per heavy atom. The SMILES string of the molecule is C=CCOc1cccc(CCOc2cc(C)cc(OS(=O)(=O)c3cc(Cl)cc(Cl)c3OC)c2)c1. The molecule has 3 aromatic rings. The van der Waals surface area contributed by atoms with Crippen molar-refractivity contribution < 1.29 is 26.8 Å². The third-order valence-corrected chi connectivity index (χ3v) is 6.36. The van der Waals surface area contributed by atoms with Crippen molar-refractivity contribution in [3.05, 3.63) is 88.4 Å². The summed E-state index contributed by atoms with van der Waals surface area (Å²) in [7, 11) is -2.97. The van der Waals surface area contributed by atoms with Gasteiger partial charge in [0.05, 0.1) is 18.7 Å². The summed E-state index contributed by atoms with van der Waals surface area (Å²) >= 11 is 12.1.